The summed E-state index contributed by atoms with van der Waals surface area (Å²) in [4.78, 5) is 11.1. The van der Waals surface area contributed by atoms with E-state index >= 15 is 0 Å². The Bertz CT molecular complexity index is 322. The van der Waals surface area contributed by atoms with E-state index in [4.69, 9.17) is 5.11 Å². The number of unbranched alkanes of at least 4 members (excludes halogenated alkanes) is 12. The average Bonchev–Trinajstić information content (AvgIpc) is 2.59. The summed E-state index contributed by atoms with van der Waals surface area (Å²) in [6.45, 7) is 8.26. The van der Waals surface area contributed by atoms with Gasteiger partial charge in [0.2, 0.25) is 0 Å². The van der Waals surface area contributed by atoms with Crippen LogP contribution in [0.5, 0.6) is 0 Å². The lowest BCUT2D eigenvalue weighted by Gasteiger charge is -2.17. The number of carboxylic acids is 1. The minimum atomic E-state index is -0.816. The van der Waals surface area contributed by atoms with Gasteiger partial charge >= 0.3 is 5.97 Å². The minimum absolute atomic E-state index is 0.399. The number of hydrogen-bond acceptors (Lipinski definition) is 1. The van der Waals surface area contributed by atoms with Gasteiger partial charge in [-0.15, -0.1) is 0 Å². The molecule has 0 radical (unpaired) electrons. The molecular formula is C23H44O2. The smallest absolute Gasteiger partial charge is 0.330 e. The predicted molar refractivity (Wildman–Crippen MR) is 110 cm³/mol. The fourth-order valence-electron chi connectivity index (χ4n) is 3.56. The molecule has 2 nitrogen and oxygen atoms in total. The summed E-state index contributed by atoms with van der Waals surface area (Å²) in [5, 5.41) is 9.11. The highest BCUT2D eigenvalue weighted by molar-refractivity contribution is 5.85. The lowest BCUT2D eigenvalue weighted by atomic mass is 9.89. The topological polar surface area (TPSA) is 37.3 Å². The zero-order valence-electron chi connectivity index (χ0n) is 17.2. The fourth-order valence-corrected chi connectivity index (χ4v) is 3.56. The zero-order chi connectivity index (χ0) is 18.8. The van der Waals surface area contributed by atoms with Crippen molar-refractivity contribution in [3.05, 3.63) is 12.2 Å². The molecule has 0 aliphatic carbocycles. The van der Waals surface area contributed by atoms with Crippen LogP contribution in [0, 0.1) is 5.92 Å². The van der Waals surface area contributed by atoms with Crippen LogP contribution in [-0.4, -0.2) is 11.1 Å². The normalized spacial score (nSPS) is 12.2. The maximum Gasteiger partial charge on any atom is 0.330 e. The molecule has 0 spiro atoms. The Kier molecular flexibility index (Phi) is 17.4. The SMILES string of the molecule is C=C(CC(CCCCCCCC)CCCCCCCCCC)C(=O)O. The highest BCUT2D eigenvalue weighted by Gasteiger charge is 2.14. The van der Waals surface area contributed by atoms with Crippen molar-refractivity contribution in [2.45, 2.75) is 123 Å². The molecule has 0 saturated heterocycles. The maximum absolute atomic E-state index is 11.1. The Hall–Kier alpha value is -0.790. The third-order valence-electron chi connectivity index (χ3n) is 5.27. The summed E-state index contributed by atoms with van der Waals surface area (Å²) in [6.07, 6.45) is 21.6. The summed E-state index contributed by atoms with van der Waals surface area (Å²) in [7, 11) is 0. The Labute approximate surface area is 157 Å². The second kappa shape index (κ2) is 18.0. The van der Waals surface area contributed by atoms with Crippen molar-refractivity contribution in [1.82, 2.24) is 0 Å². The van der Waals surface area contributed by atoms with Gasteiger partial charge in [-0.1, -0.05) is 123 Å². The second-order valence-corrected chi connectivity index (χ2v) is 7.80. The molecule has 0 aromatic heterocycles. The zero-order valence-corrected chi connectivity index (χ0v) is 17.2. The van der Waals surface area contributed by atoms with Crippen molar-refractivity contribution < 1.29 is 9.90 Å². The van der Waals surface area contributed by atoms with Gasteiger partial charge in [0.15, 0.2) is 0 Å². The highest BCUT2D eigenvalue weighted by Crippen LogP contribution is 2.25. The summed E-state index contributed by atoms with van der Waals surface area (Å²) >= 11 is 0. The van der Waals surface area contributed by atoms with E-state index in [2.05, 4.69) is 20.4 Å². The highest BCUT2D eigenvalue weighted by atomic mass is 16.4. The lowest BCUT2D eigenvalue weighted by Crippen LogP contribution is -2.08. The van der Waals surface area contributed by atoms with Crippen LogP contribution < -0.4 is 0 Å². The maximum atomic E-state index is 11.1. The molecule has 0 aromatic rings. The van der Waals surface area contributed by atoms with E-state index in [0.29, 0.717) is 17.9 Å². The fraction of sp³-hybridized carbons (Fsp3) is 0.870. The molecule has 0 fully saturated rings. The van der Waals surface area contributed by atoms with Crippen LogP contribution in [0.1, 0.15) is 123 Å². The summed E-state index contributed by atoms with van der Waals surface area (Å²) in [5.41, 5.74) is 0.399. The van der Waals surface area contributed by atoms with E-state index in [1.807, 2.05) is 0 Å². The molecule has 1 unspecified atom stereocenters. The molecule has 1 N–H and O–H groups in total. The Morgan fingerprint density at radius 1 is 0.720 bits per heavy atom. The van der Waals surface area contributed by atoms with Gasteiger partial charge in [-0.25, -0.2) is 4.79 Å². The molecule has 0 rings (SSSR count). The van der Waals surface area contributed by atoms with E-state index in [1.54, 1.807) is 0 Å². The van der Waals surface area contributed by atoms with Crippen molar-refractivity contribution in [1.29, 1.82) is 0 Å². The molecule has 148 valence electrons. The van der Waals surface area contributed by atoms with E-state index in [9.17, 15) is 4.79 Å². The molecule has 0 heterocycles. The van der Waals surface area contributed by atoms with E-state index < -0.39 is 5.97 Å². The molecule has 0 amide bonds. The number of carbonyl (C=O) groups is 1. The van der Waals surface area contributed by atoms with Gasteiger partial charge in [0, 0.05) is 5.57 Å². The average molecular weight is 353 g/mol. The minimum Gasteiger partial charge on any atom is -0.478 e. The summed E-state index contributed by atoms with van der Waals surface area (Å²) < 4.78 is 0. The summed E-state index contributed by atoms with van der Waals surface area (Å²) in [6, 6.07) is 0. The first-order valence-electron chi connectivity index (χ1n) is 11.0. The predicted octanol–water partition coefficient (Wildman–Crippen LogP) is 7.91. The molecule has 25 heavy (non-hydrogen) atoms. The van der Waals surface area contributed by atoms with Gasteiger partial charge in [0.25, 0.3) is 0 Å². The largest absolute Gasteiger partial charge is 0.478 e. The Morgan fingerprint density at radius 2 is 1.08 bits per heavy atom. The van der Waals surface area contributed by atoms with Gasteiger partial charge in [0.1, 0.15) is 0 Å². The molecule has 2 heteroatoms. The van der Waals surface area contributed by atoms with Crippen molar-refractivity contribution in [3.63, 3.8) is 0 Å². The van der Waals surface area contributed by atoms with E-state index in [0.717, 1.165) is 0 Å². The molecule has 0 aromatic carbocycles. The molecule has 0 aliphatic rings. The number of hydrogen-bond donors (Lipinski definition) is 1. The standard InChI is InChI=1S/C23H44O2/c1-4-6-8-10-12-13-15-17-19-22(20-21(3)23(24)25)18-16-14-11-9-7-5-2/h22H,3-20H2,1-2H3,(H,24,25). The van der Waals surface area contributed by atoms with Crippen LogP contribution in [0.3, 0.4) is 0 Å². The van der Waals surface area contributed by atoms with Crippen molar-refractivity contribution in [3.8, 4) is 0 Å². The van der Waals surface area contributed by atoms with Crippen LogP contribution in [0.4, 0.5) is 0 Å². The molecule has 1 atom stereocenters. The van der Waals surface area contributed by atoms with Gasteiger partial charge in [-0.05, 0) is 12.3 Å². The Balaban J connectivity index is 3.89. The Morgan fingerprint density at radius 3 is 1.44 bits per heavy atom. The van der Waals surface area contributed by atoms with Crippen molar-refractivity contribution >= 4 is 5.97 Å². The van der Waals surface area contributed by atoms with Crippen molar-refractivity contribution in [2.75, 3.05) is 0 Å². The van der Waals surface area contributed by atoms with Gasteiger partial charge in [-0.3, -0.25) is 0 Å². The van der Waals surface area contributed by atoms with Crippen LogP contribution in [0.25, 0.3) is 0 Å². The first-order chi connectivity index (χ1) is 12.1. The molecule has 0 aliphatic heterocycles. The van der Waals surface area contributed by atoms with E-state index in [-0.39, 0.29) is 0 Å². The van der Waals surface area contributed by atoms with Gasteiger partial charge in [-0.2, -0.15) is 0 Å². The third kappa shape index (κ3) is 16.4. The van der Waals surface area contributed by atoms with E-state index in [1.165, 1.54) is 103 Å². The quantitative estimate of drug-likeness (QED) is 0.189. The monoisotopic (exact) mass is 352 g/mol. The third-order valence-corrected chi connectivity index (χ3v) is 5.27. The summed E-state index contributed by atoms with van der Waals surface area (Å²) in [5.74, 6) is -0.293. The second-order valence-electron chi connectivity index (χ2n) is 7.80. The first-order valence-corrected chi connectivity index (χ1v) is 11.0. The number of rotatable bonds is 19. The number of aliphatic carboxylic acids is 1. The van der Waals surface area contributed by atoms with Crippen LogP contribution >= 0.6 is 0 Å². The molecule has 0 saturated carbocycles. The van der Waals surface area contributed by atoms with Gasteiger partial charge in [0.05, 0.1) is 0 Å². The molecule has 0 bridgehead atoms. The lowest BCUT2D eigenvalue weighted by molar-refractivity contribution is -0.132. The van der Waals surface area contributed by atoms with Gasteiger partial charge < -0.3 is 5.11 Å². The van der Waals surface area contributed by atoms with Crippen LogP contribution in [-0.2, 0) is 4.79 Å². The van der Waals surface area contributed by atoms with Crippen LogP contribution in [0.2, 0.25) is 0 Å². The number of carboxylic acid groups (broad SMARTS) is 1. The molecular weight excluding hydrogens is 308 g/mol. The van der Waals surface area contributed by atoms with Crippen molar-refractivity contribution in [2.24, 2.45) is 5.92 Å². The van der Waals surface area contributed by atoms with Crippen LogP contribution in [0.15, 0.2) is 12.2 Å². The first kappa shape index (κ1) is 24.2.